The lowest BCUT2D eigenvalue weighted by atomic mass is 10.2. The van der Waals surface area contributed by atoms with Crippen LogP contribution in [0.1, 0.15) is 12.5 Å². The fourth-order valence-electron chi connectivity index (χ4n) is 1.81. The topological polar surface area (TPSA) is 57.6 Å². The zero-order valence-corrected chi connectivity index (χ0v) is 8.30. The van der Waals surface area contributed by atoms with Crippen molar-refractivity contribution in [2.75, 3.05) is 4.90 Å². The third-order valence-electron chi connectivity index (χ3n) is 2.61. The van der Waals surface area contributed by atoms with Crippen LogP contribution in [0, 0.1) is 0 Å². The van der Waals surface area contributed by atoms with E-state index >= 15 is 0 Å². The fourth-order valence-corrected chi connectivity index (χ4v) is 1.81. The molecular formula is C11H11NO3. The van der Waals surface area contributed by atoms with Gasteiger partial charge in [-0.25, -0.2) is 4.79 Å². The number of para-hydroxylation sites is 1. The Bertz CT molecular complexity index is 428. The minimum Gasteiger partial charge on any atom is -0.480 e. The molecule has 78 valence electrons. The van der Waals surface area contributed by atoms with Crippen molar-refractivity contribution in [2.24, 2.45) is 0 Å². The Morgan fingerprint density at radius 3 is 2.80 bits per heavy atom. The molecule has 1 amide bonds. The van der Waals surface area contributed by atoms with Crippen molar-refractivity contribution in [3.05, 3.63) is 29.8 Å². The molecule has 0 unspecified atom stereocenters. The summed E-state index contributed by atoms with van der Waals surface area (Å²) in [4.78, 5) is 23.8. The molecule has 1 aliphatic heterocycles. The summed E-state index contributed by atoms with van der Waals surface area (Å²) in [6.45, 7) is 1.52. The van der Waals surface area contributed by atoms with Crippen LogP contribution in [0.25, 0.3) is 0 Å². The maximum Gasteiger partial charge on any atom is 0.326 e. The van der Waals surface area contributed by atoms with Crippen LogP contribution < -0.4 is 4.90 Å². The van der Waals surface area contributed by atoms with Gasteiger partial charge in [0.15, 0.2) is 0 Å². The van der Waals surface area contributed by atoms with E-state index in [-0.39, 0.29) is 5.91 Å². The second-order valence-corrected chi connectivity index (χ2v) is 3.58. The summed E-state index contributed by atoms with van der Waals surface area (Å²) < 4.78 is 0. The van der Waals surface area contributed by atoms with Gasteiger partial charge in [0.25, 0.3) is 0 Å². The van der Waals surface area contributed by atoms with Crippen molar-refractivity contribution < 1.29 is 14.7 Å². The second kappa shape index (κ2) is 3.38. The molecule has 0 saturated heterocycles. The molecule has 0 spiro atoms. The standard InChI is InChI=1S/C11H11NO3/c1-7(11(14)15)12-9-5-3-2-4-8(9)6-10(12)13/h2-5,7H,6H2,1H3,(H,14,15)/t7-/m0/s1. The van der Waals surface area contributed by atoms with Gasteiger partial charge in [0.2, 0.25) is 5.91 Å². The van der Waals surface area contributed by atoms with Crippen molar-refractivity contribution in [2.45, 2.75) is 19.4 Å². The Labute approximate surface area is 87.1 Å². The Kier molecular flexibility index (Phi) is 2.19. The smallest absolute Gasteiger partial charge is 0.326 e. The molecule has 4 nitrogen and oxygen atoms in total. The number of hydrogen-bond acceptors (Lipinski definition) is 2. The first-order valence-electron chi connectivity index (χ1n) is 4.74. The highest BCUT2D eigenvalue weighted by atomic mass is 16.4. The molecule has 1 aromatic carbocycles. The number of amides is 1. The fraction of sp³-hybridized carbons (Fsp3) is 0.273. The van der Waals surface area contributed by atoms with Gasteiger partial charge in [-0.3, -0.25) is 9.69 Å². The van der Waals surface area contributed by atoms with Crippen molar-refractivity contribution >= 4 is 17.6 Å². The van der Waals surface area contributed by atoms with E-state index < -0.39 is 12.0 Å². The maximum absolute atomic E-state index is 11.6. The van der Waals surface area contributed by atoms with Crippen molar-refractivity contribution in [3.8, 4) is 0 Å². The zero-order valence-electron chi connectivity index (χ0n) is 8.30. The van der Waals surface area contributed by atoms with E-state index in [0.717, 1.165) is 11.3 Å². The number of anilines is 1. The van der Waals surface area contributed by atoms with E-state index in [1.165, 1.54) is 11.8 Å². The highest BCUT2D eigenvalue weighted by Gasteiger charge is 2.33. The van der Waals surface area contributed by atoms with Crippen LogP contribution in [0.5, 0.6) is 0 Å². The van der Waals surface area contributed by atoms with E-state index in [4.69, 9.17) is 5.11 Å². The van der Waals surface area contributed by atoms with Gasteiger partial charge in [0, 0.05) is 5.69 Å². The van der Waals surface area contributed by atoms with Gasteiger partial charge >= 0.3 is 5.97 Å². The summed E-state index contributed by atoms with van der Waals surface area (Å²) in [5.41, 5.74) is 1.62. The van der Waals surface area contributed by atoms with Crippen LogP contribution in [-0.4, -0.2) is 23.0 Å². The number of carboxylic acid groups (broad SMARTS) is 1. The van der Waals surface area contributed by atoms with Gasteiger partial charge in [-0.1, -0.05) is 18.2 Å². The Morgan fingerprint density at radius 2 is 2.13 bits per heavy atom. The van der Waals surface area contributed by atoms with Crippen molar-refractivity contribution in [1.29, 1.82) is 0 Å². The zero-order chi connectivity index (χ0) is 11.0. The number of fused-ring (bicyclic) bond motifs is 1. The van der Waals surface area contributed by atoms with Gasteiger partial charge in [-0.2, -0.15) is 0 Å². The van der Waals surface area contributed by atoms with E-state index in [1.807, 2.05) is 12.1 Å². The van der Waals surface area contributed by atoms with E-state index in [0.29, 0.717) is 6.42 Å². The van der Waals surface area contributed by atoms with E-state index in [1.54, 1.807) is 12.1 Å². The summed E-state index contributed by atoms with van der Waals surface area (Å²) in [7, 11) is 0. The molecular weight excluding hydrogens is 194 g/mol. The minimum absolute atomic E-state index is 0.147. The highest BCUT2D eigenvalue weighted by molar-refractivity contribution is 6.05. The first-order valence-corrected chi connectivity index (χ1v) is 4.74. The third-order valence-corrected chi connectivity index (χ3v) is 2.61. The first kappa shape index (κ1) is 9.71. The lowest BCUT2D eigenvalue weighted by Gasteiger charge is -2.21. The lowest BCUT2D eigenvalue weighted by molar-refractivity contribution is -0.139. The molecule has 0 aliphatic carbocycles. The SMILES string of the molecule is C[C@@H](C(=O)O)N1C(=O)Cc2ccccc21. The largest absolute Gasteiger partial charge is 0.480 e. The number of carbonyl (C=O) groups excluding carboxylic acids is 1. The molecule has 0 aromatic heterocycles. The highest BCUT2D eigenvalue weighted by Crippen LogP contribution is 2.30. The minimum atomic E-state index is -0.986. The van der Waals surface area contributed by atoms with Gasteiger partial charge in [0.05, 0.1) is 6.42 Å². The summed E-state index contributed by atoms with van der Waals surface area (Å²) in [6.07, 6.45) is 0.299. The van der Waals surface area contributed by atoms with E-state index in [9.17, 15) is 9.59 Å². The predicted octanol–water partition coefficient (Wildman–Crippen LogP) is 1.05. The Morgan fingerprint density at radius 1 is 1.47 bits per heavy atom. The molecule has 0 saturated carbocycles. The Hall–Kier alpha value is -1.84. The number of hydrogen-bond donors (Lipinski definition) is 1. The number of carbonyl (C=O) groups is 2. The van der Waals surface area contributed by atoms with Gasteiger partial charge < -0.3 is 5.11 Å². The summed E-state index contributed by atoms with van der Waals surface area (Å²) in [5, 5.41) is 8.89. The molecule has 0 radical (unpaired) electrons. The van der Waals surface area contributed by atoms with Crippen LogP contribution in [0.15, 0.2) is 24.3 Å². The van der Waals surface area contributed by atoms with Crippen LogP contribution in [0.2, 0.25) is 0 Å². The lowest BCUT2D eigenvalue weighted by Crippen LogP contribution is -2.41. The second-order valence-electron chi connectivity index (χ2n) is 3.58. The van der Waals surface area contributed by atoms with Crippen LogP contribution >= 0.6 is 0 Å². The van der Waals surface area contributed by atoms with Gasteiger partial charge in [0.1, 0.15) is 6.04 Å². The van der Waals surface area contributed by atoms with Crippen molar-refractivity contribution in [3.63, 3.8) is 0 Å². The average molecular weight is 205 g/mol. The average Bonchev–Trinajstić information content (AvgIpc) is 2.52. The molecule has 1 atom stereocenters. The van der Waals surface area contributed by atoms with Gasteiger partial charge in [-0.05, 0) is 18.6 Å². The Balaban J connectivity index is 2.42. The molecule has 15 heavy (non-hydrogen) atoms. The summed E-state index contributed by atoms with van der Waals surface area (Å²) in [6, 6.07) is 6.47. The monoisotopic (exact) mass is 205 g/mol. The number of nitrogens with zero attached hydrogens (tertiary/aromatic N) is 1. The molecule has 4 heteroatoms. The first-order chi connectivity index (χ1) is 7.11. The third kappa shape index (κ3) is 1.48. The van der Waals surface area contributed by atoms with Crippen LogP contribution in [0.3, 0.4) is 0 Å². The number of carboxylic acids is 1. The molecule has 1 N–H and O–H groups in total. The predicted molar refractivity (Wildman–Crippen MR) is 54.7 cm³/mol. The number of aliphatic carboxylic acids is 1. The van der Waals surface area contributed by atoms with Crippen LogP contribution in [0.4, 0.5) is 5.69 Å². The molecule has 1 aliphatic rings. The maximum atomic E-state index is 11.6. The number of benzene rings is 1. The van der Waals surface area contributed by atoms with Gasteiger partial charge in [-0.15, -0.1) is 0 Å². The normalized spacial score (nSPS) is 16.3. The molecule has 2 rings (SSSR count). The van der Waals surface area contributed by atoms with Crippen LogP contribution in [-0.2, 0) is 16.0 Å². The van der Waals surface area contributed by atoms with E-state index in [2.05, 4.69) is 0 Å². The molecule has 0 bridgehead atoms. The quantitative estimate of drug-likeness (QED) is 0.785. The van der Waals surface area contributed by atoms with Crippen molar-refractivity contribution in [1.82, 2.24) is 0 Å². The molecule has 0 fully saturated rings. The summed E-state index contributed by atoms with van der Waals surface area (Å²) >= 11 is 0. The molecule has 1 aromatic rings. The molecule has 1 heterocycles. The summed E-state index contributed by atoms with van der Waals surface area (Å²) in [5.74, 6) is -1.13. The number of rotatable bonds is 2.